The Labute approximate surface area is 152 Å². The molecule has 0 fully saturated rings. The van der Waals surface area contributed by atoms with Gasteiger partial charge in [-0.05, 0) is 37.1 Å². The van der Waals surface area contributed by atoms with Crippen LogP contribution in [-0.2, 0) is 16.6 Å². The molecule has 8 heteroatoms. The Morgan fingerprint density at radius 1 is 1.12 bits per heavy atom. The molecule has 3 aromatic rings. The normalized spacial score (nSPS) is 11.5. The number of ether oxygens (including phenoxy) is 1. The largest absolute Gasteiger partial charge is 0.496 e. The molecule has 2 aromatic carbocycles. The number of aryl methyl sites for hydroxylation is 2. The zero-order valence-corrected chi connectivity index (χ0v) is 15.5. The second-order valence-corrected chi connectivity index (χ2v) is 7.53. The van der Waals surface area contributed by atoms with Crippen molar-refractivity contribution < 1.29 is 17.7 Å². The number of sulfonamides is 1. The number of rotatable bonds is 6. The first-order valence-electron chi connectivity index (χ1n) is 7.93. The molecule has 1 aromatic heterocycles. The Kier molecular flexibility index (Phi) is 5.06. The van der Waals surface area contributed by atoms with Gasteiger partial charge in [-0.3, -0.25) is 0 Å². The number of nitrogens with zero attached hydrogens (tertiary/aromatic N) is 2. The van der Waals surface area contributed by atoms with Crippen molar-refractivity contribution >= 4 is 10.0 Å². The lowest BCUT2D eigenvalue weighted by molar-refractivity contribution is 0.376. The van der Waals surface area contributed by atoms with Gasteiger partial charge >= 0.3 is 0 Å². The van der Waals surface area contributed by atoms with Crippen molar-refractivity contribution in [1.29, 1.82) is 0 Å². The highest BCUT2D eigenvalue weighted by Gasteiger charge is 2.20. The van der Waals surface area contributed by atoms with Gasteiger partial charge in [0.1, 0.15) is 5.75 Å². The van der Waals surface area contributed by atoms with Gasteiger partial charge in [-0.25, -0.2) is 13.1 Å². The molecule has 0 spiro atoms. The molecule has 1 N–H and O–H groups in total. The van der Waals surface area contributed by atoms with E-state index in [0.29, 0.717) is 17.1 Å². The lowest BCUT2D eigenvalue weighted by Crippen LogP contribution is -2.24. The smallest absolute Gasteiger partial charge is 0.242 e. The zero-order valence-electron chi connectivity index (χ0n) is 14.7. The fraction of sp³-hybridized carbons (Fsp3) is 0.222. The predicted octanol–water partition coefficient (Wildman–Crippen LogP) is 2.84. The molecule has 0 unspecified atom stereocenters. The number of nitrogens with one attached hydrogen (secondary N) is 1. The molecule has 7 nitrogen and oxygen atoms in total. The molecule has 0 saturated carbocycles. The molecule has 0 bridgehead atoms. The summed E-state index contributed by atoms with van der Waals surface area (Å²) < 4.78 is 38.1. The molecular weight excluding hydrogens is 354 g/mol. The molecule has 0 amide bonds. The van der Waals surface area contributed by atoms with Crippen LogP contribution in [0.4, 0.5) is 0 Å². The van der Waals surface area contributed by atoms with Crippen LogP contribution in [0.2, 0.25) is 0 Å². The summed E-state index contributed by atoms with van der Waals surface area (Å²) in [5.74, 6) is 1.25. The van der Waals surface area contributed by atoms with Crippen LogP contribution in [0.25, 0.3) is 11.4 Å². The summed E-state index contributed by atoms with van der Waals surface area (Å²) in [6, 6.07) is 12.6. The van der Waals surface area contributed by atoms with E-state index in [1.807, 2.05) is 30.3 Å². The molecule has 136 valence electrons. The van der Waals surface area contributed by atoms with Crippen LogP contribution >= 0.6 is 0 Å². The van der Waals surface area contributed by atoms with Crippen molar-refractivity contribution in [2.45, 2.75) is 25.3 Å². The van der Waals surface area contributed by atoms with Crippen LogP contribution in [0.5, 0.6) is 5.75 Å². The zero-order chi connectivity index (χ0) is 18.7. The van der Waals surface area contributed by atoms with Gasteiger partial charge in [0.25, 0.3) is 0 Å². The van der Waals surface area contributed by atoms with Gasteiger partial charge in [-0.2, -0.15) is 4.98 Å². The number of hydrogen-bond acceptors (Lipinski definition) is 6. The molecule has 0 saturated heterocycles. The van der Waals surface area contributed by atoms with Crippen molar-refractivity contribution in [1.82, 2.24) is 14.9 Å². The molecule has 0 radical (unpaired) electrons. The van der Waals surface area contributed by atoms with Crippen LogP contribution in [0, 0.1) is 13.8 Å². The highest BCUT2D eigenvalue weighted by atomic mass is 32.2. The summed E-state index contributed by atoms with van der Waals surface area (Å²) in [6.07, 6.45) is 0. The molecule has 1 heterocycles. The summed E-state index contributed by atoms with van der Waals surface area (Å²) in [5, 5.41) is 3.88. The maximum absolute atomic E-state index is 12.6. The van der Waals surface area contributed by atoms with Gasteiger partial charge in [0, 0.05) is 5.56 Å². The fourth-order valence-electron chi connectivity index (χ4n) is 2.54. The monoisotopic (exact) mass is 373 g/mol. The first-order chi connectivity index (χ1) is 12.4. The third kappa shape index (κ3) is 3.76. The van der Waals surface area contributed by atoms with Crippen molar-refractivity contribution in [3.8, 4) is 17.1 Å². The van der Waals surface area contributed by atoms with Gasteiger partial charge in [0.05, 0.1) is 18.6 Å². The molecule has 3 rings (SSSR count). The van der Waals surface area contributed by atoms with Crippen LogP contribution in [0.15, 0.2) is 51.9 Å². The topological polar surface area (TPSA) is 94.3 Å². The number of aromatic nitrogens is 2. The van der Waals surface area contributed by atoms with Crippen molar-refractivity contribution in [2.75, 3.05) is 7.11 Å². The Morgan fingerprint density at radius 3 is 2.54 bits per heavy atom. The summed E-state index contributed by atoms with van der Waals surface area (Å²) >= 11 is 0. The molecule has 0 aliphatic carbocycles. The maximum Gasteiger partial charge on any atom is 0.242 e. The van der Waals surface area contributed by atoms with Gasteiger partial charge in [-0.1, -0.05) is 35.5 Å². The summed E-state index contributed by atoms with van der Waals surface area (Å²) in [5.41, 5.74) is 2.13. The molecular formula is C18H19N3O4S. The number of benzene rings is 2. The lowest BCUT2D eigenvalue weighted by Gasteiger charge is -2.12. The van der Waals surface area contributed by atoms with E-state index in [1.54, 1.807) is 33.1 Å². The van der Waals surface area contributed by atoms with Gasteiger partial charge in [0.15, 0.2) is 0 Å². The van der Waals surface area contributed by atoms with E-state index in [2.05, 4.69) is 14.9 Å². The van der Waals surface area contributed by atoms with E-state index >= 15 is 0 Å². The van der Waals surface area contributed by atoms with Crippen molar-refractivity contribution in [3.63, 3.8) is 0 Å². The highest BCUT2D eigenvalue weighted by Crippen LogP contribution is 2.25. The standard InChI is InChI=1S/C18H19N3O4S/c1-12-10-16(13(2)9-15(12)24-3)26(22,23)19-11-17-20-18(21-25-17)14-7-5-4-6-8-14/h4-10,19H,11H2,1-3H3. The Bertz CT molecular complexity index is 1010. The number of methoxy groups -OCH3 is 1. The summed E-state index contributed by atoms with van der Waals surface area (Å²) in [6.45, 7) is 3.42. The quantitative estimate of drug-likeness (QED) is 0.714. The van der Waals surface area contributed by atoms with Gasteiger partial charge in [0.2, 0.25) is 21.7 Å². The van der Waals surface area contributed by atoms with Crippen LogP contribution in [0.3, 0.4) is 0 Å². The fourth-order valence-corrected chi connectivity index (χ4v) is 3.82. The average molecular weight is 373 g/mol. The first kappa shape index (κ1) is 18.1. The van der Waals surface area contributed by atoms with Gasteiger partial charge < -0.3 is 9.26 Å². The van der Waals surface area contributed by atoms with Crippen LogP contribution in [0.1, 0.15) is 17.0 Å². The molecule has 0 aliphatic heterocycles. The van der Waals surface area contributed by atoms with Crippen LogP contribution in [-0.4, -0.2) is 25.7 Å². The van der Waals surface area contributed by atoms with E-state index in [9.17, 15) is 8.42 Å². The van der Waals surface area contributed by atoms with E-state index in [4.69, 9.17) is 9.26 Å². The summed E-state index contributed by atoms with van der Waals surface area (Å²) in [4.78, 5) is 4.41. The number of hydrogen-bond donors (Lipinski definition) is 1. The second kappa shape index (κ2) is 7.27. The minimum absolute atomic E-state index is 0.0906. The van der Waals surface area contributed by atoms with Gasteiger partial charge in [-0.15, -0.1) is 0 Å². The minimum atomic E-state index is -3.73. The molecule has 26 heavy (non-hydrogen) atoms. The van der Waals surface area contributed by atoms with E-state index in [1.165, 1.54) is 0 Å². The lowest BCUT2D eigenvalue weighted by atomic mass is 10.1. The SMILES string of the molecule is COc1cc(C)c(S(=O)(=O)NCc2nc(-c3ccccc3)no2)cc1C. The third-order valence-electron chi connectivity index (χ3n) is 3.90. The van der Waals surface area contributed by atoms with E-state index < -0.39 is 10.0 Å². The third-order valence-corrected chi connectivity index (χ3v) is 5.44. The van der Waals surface area contributed by atoms with E-state index in [0.717, 1.165) is 11.1 Å². The van der Waals surface area contributed by atoms with Crippen LogP contribution < -0.4 is 9.46 Å². The first-order valence-corrected chi connectivity index (χ1v) is 9.42. The van der Waals surface area contributed by atoms with Crippen molar-refractivity contribution in [3.05, 3.63) is 59.5 Å². The Morgan fingerprint density at radius 2 is 1.85 bits per heavy atom. The molecule has 0 atom stereocenters. The highest BCUT2D eigenvalue weighted by molar-refractivity contribution is 7.89. The Balaban J connectivity index is 1.77. The molecule has 0 aliphatic rings. The summed E-state index contributed by atoms with van der Waals surface area (Å²) in [7, 11) is -2.18. The minimum Gasteiger partial charge on any atom is -0.496 e. The predicted molar refractivity (Wildman–Crippen MR) is 96.2 cm³/mol. The van der Waals surface area contributed by atoms with E-state index in [-0.39, 0.29) is 17.3 Å². The second-order valence-electron chi connectivity index (χ2n) is 5.79. The Hall–Kier alpha value is -2.71. The van der Waals surface area contributed by atoms with Crippen molar-refractivity contribution in [2.24, 2.45) is 0 Å². The average Bonchev–Trinajstić information content (AvgIpc) is 3.11. The maximum atomic E-state index is 12.6.